The van der Waals surface area contributed by atoms with Crippen LogP contribution in [-0.2, 0) is 9.53 Å². The Kier molecular flexibility index (Phi) is 6.89. The number of hydrogen-bond donors (Lipinski definition) is 2. The van der Waals surface area contributed by atoms with E-state index in [1.54, 1.807) is 25.3 Å². The van der Waals surface area contributed by atoms with E-state index in [1.165, 1.54) is 0 Å². The third kappa shape index (κ3) is 5.05. The van der Waals surface area contributed by atoms with Crippen molar-refractivity contribution < 1.29 is 24.2 Å². The fourth-order valence-electron chi connectivity index (χ4n) is 4.91. The number of carbonyl (C=O) groups excluding carboxylic acids is 1. The highest BCUT2D eigenvalue weighted by molar-refractivity contribution is 6.09. The zero-order chi connectivity index (χ0) is 28.8. The molecule has 0 bridgehead atoms. The molecule has 4 aromatic rings. The van der Waals surface area contributed by atoms with E-state index < -0.39 is 23.6 Å². The summed E-state index contributed by atoms with van der Waals surface area (Å²) in [5.74, 6) is -0.995. The molecule has 0 saturated heterocycles. The highest BCUT2D eigenvalue weighted by Gasteiger charge is 2.36. The van der Waals surface area contributed by atoms with Gasteiger partial charge in [-0.05, 0) is 82.5 Å². The van der Waals surface area contributed by atoms with Gasteiger partial charge in [0.25, 0.3) is 5.91 Å². The fourth-order valence-corrected chi connectivity index (χ4v) is 4.91. The predicted octanol–water partition coefficient (Wildman–Crippen LogP) is 7.03. The van der Waals surface area contributed by atoms with Crippen molar-refractivity contribution >= 4 is 17.6 Å². The van der Waals surface area contributed by atoms with Crippen molar-refractivity contribution in [2.45, 2.75) is 53.2 Å². The molecule has 1 aliphatic heterocycles. The van der Waals surface area contributed by atoms with Gasteiger partial charge < -0.3 is 19.9 Å². The van der Waals surface area contributed by atoms with Crippen LogP contribution in [0.3, 0.4) is 0 Å². The van der Waals surface area contributed by atoms with E-state index in [4.69, 9.17) is 9.47 Å². The number of pyridine rings is 2. The summed E-state index contributed by atoms with van der Waals surface area (Å²) in [5, 5.41) is 13.3. The van der Waals surface area contributed by atoms with Crippen LogP contribution >= 0.6 is 0 Å². The van der Waals surface area contributed by atoms with Gasteiger partial charge in [0.1, 0.15) is 5.56 Å². The maximum atomic E-state index is 13.4. The molecule has 0 fully saturated rings. The van der Waals surface area contributed by atoms with Crippen molar-refractivity contribution in [1.29, 1.82) is 0 Å². The summed E-state index contributed by atoms with van der Waals surface area (Å²) >= 11 is 0. The topological polar surface area (TPSA) is 111 Å². The lowest BCUT2D eigenvalue weighted by Crippen LogP contribution is -2.28. The normalized spacial score (nSPS) is 13.4. The van der Waals surface area contributed by atoms with Crippen LogP contribution in [0.25, 0.3) is 22.5 Å². The molecule has 8 nitrogen and oxygen atoms in total. The third-order valence-corrected chi connectivity index (χ3v) is 6.76. The molecule has 5 rings (SSSR count). The SMILES string of the molecule is Cc1ccc(-c2c(C)c3c(c(C)c2[C@H](OC(C)(C)C)C(=O)O)NC(=O)c2ccc(-c4ccccn4)nc2O3)cc1. The van der Waals surface area contributed by atoms with Crippen LogP contribution in [0.1, 0.15) is 59.5 Å². The maximum Gasteiger partial charge on any atom is 0.337 e. The molecule has 204 valence electrons. The van der Waals surface area contributed by atoms with Gasteiger partial charge in [0.2, 0.25) is 5.88 Å². The largest absolute Gasteiger partial charge is 0.479 e. The molecule has 2 N–H and O–H groups in total. The molecule has 0 radical (unpaired) electrons. The number of hydrogen-bond acceptors (Lipinski definition) is 6. The Balaban J connectivity index is 1.77. The number of aliphatic carboxylic acids is 1. The van der Waals surface area contributed by atoms with Crippen LogP contribution in [0.15, 0.2) is 60.8 Å². The molecule has 2 aromatic heterocycles. The molecule has 0 unspecified atom stereocenters. The number of aromatic nitrogens is 2. The van der Waals surface area contributed by atoms with Crippen LogP contribution in [0, 0.1) is 20.8 Å². The van der Waals surface area contributed by atoms with E-state index in [-0.39, 0.29) is 11.4 Å². The number of anilines is 1. The molecule has 1 aliphatic rings. The number of amides is 1. The summed E-state index contributed by atoms with van der Waals surface area (Å²) in [4.78, 5) is 35.1. The second kappa shape index (κ2) is 10.2. The van der Waals surface area contributed by atoms with E-state index in [0.29, 0.717) is 45.1 Å². The molecule has 1 amide bonds. The number of fused-ring (bicyclic) bond motifs is 2. The quantitative estimate of drug-likeness (QED) is 0.281. The highest BCUT2D eigenvalue weighted by atomic mass is 16.5. The molecular formula is C32H31N3O5. The standard InChI is InChI=1S/C32H31N3O5/c1-17-10-12-20(13-11-17)24-19(3)27-26(18(2)25(24)28(31(37)38)40-32(4,5)6)35-29(36)21-14-15-23(34-30(21)39-27)22-9-7-8-16-33-22/h7-16,28H,1-6H3,(H,35,36)(H,37,38)/t28-/m0/s1. The second-order valence-electron chi connectivity index (χ2n) is 10.9. The van der Waals surface area contributed by atoms with Crippen molar-refractivity contribution in [3.8, 4) is 34.1 Å². The summed E-state index contributed by atoms with van der Waals surface area (Å²) < 4.78 is 12.5. The van der Waals surface area contributed by atoms with Crippen LogP contribution in [0.5, 0.6) is 11.6 Å². The van der Waals surface area contributed by atoms with Gasteiger partial charge in [0, 0.05) is 17.3 Å². The molecule has 0 aliphatic carbocycles. The number of carbonyl (C=O) groups is 2. The fraction of sp³-hybridized carbons (Fsp3) is 0.250. The van der Waals surface area contributed by atoms with Gasteiger partial charge in [-0.15, -0.1) is 0 Å². The number of ether oxygens (including phenoxy) is 2. The Morgan fingerprint density at radius 2 is 1.70 bits per heavy atom. The first kappa shape index (κ1) is 27.0. The van der Waals surface area contributed by atoms with E-state index in [9.17, 15) is 14.7 Å². The first-order valence-corrected chi connectivity index (χ1v) is 13.0. The lowest BCUT2D eigenvalue weighted by Gasteiger charge is -2.30. The molecule has 0 spiro atoms. The lowest BCUT2D eigenvalue weighted by molar-refractivity contribution is -0.160. The summed E-state index contributed by atoms with van der Waals surface area (Å²) in [6.45, 7) is 11.1. The Morgan fingerprint density at radius 1 is 0.975 bits per heavy atom. The van der Waals surface area contributed by atoms with Crippen LogP contribution in [0.2, 0.25) is 0 Å². The number of rotatable bonds is 5. The molecular weight excluding hydrogens is 506 g/mol. The van der Waals surface area contributed by atoms with Crippen LogP contribution < -0.4 is 10.1 Å². The minimum absolute atomic E-state index is 0.144. The molecule has 0 saturated carbocycles. The lowest BCUT2D eigenvalue weighted by atomic mass is 9.86. The Morgan fingerprint density at radius 3 is 2.33 bits per heavy atom. The summed E-state index contributed by atoms with van der Waals surface area (Å²) in [6, 6.07) is 16.7. The number of carboxylic acids is 1. The second-order valence-corrected chi connectivity index (χ2v) is 10.9. The summed E-state index contributed by atoms with van der Waals surface area (Å²) in [5.41, 5.74) is 5.30. The number of aryl methyl sites for hydroxylation is 1. The first-order chi connectivity index (χ1) is 18.9. The molecule has 1 atom stereocenters. The van der Waals surface area contributed by atoms with E-state index in [1.807, 2.05) is 77.1 Å². The van der Waals surface area contributed by atoms with Crippen molar-refractivity contribution in [3.63, 3.8) is 0 Å². The monoisotopic (exact) mass is 537 g/mol. The smallest absolute Gasteiger partial charge is 0.337 e. The van der Waals surface area contributed by atoms with Gasteiger partial charge in [-0.1, -0.05) is 35.9 Å². The van der Waals surface area contributed by atoms with Crippen molar-refractivity contribution in [2.75, 3.05) is 5.32 Å². The van der Waals surface area contributed by atoms with Gasteiger partial charge >= 0.3 is 5.97 Å². The van der Waals surface area contributed by atoms with Crippen LogP contribution in [-0.4, -0.2) is 32.6 Å². The number of nitrogens with zero attached hydrogens (tertiary/aromatic N) is 2. The molecule has 2 aromatic carbocycles. The number of nitrogens with one attached hydrogen (secondary N) is 1. The number of benzene rings is 2. The van der Waals surface area contributed by atoms with Gasteiger partial charge in [-0.3, -0.25) is 9.78 Å². The van der Waals surface area contributed by atoms with E-state index in [0.717, 1.165) is 11.1 Å². The van der Waals surface area contributed by atoms with E-state index >= 15 is 0 Å². The maximum absolute atomic E-state index is 13.4. The zero-order valence-electron chi connectivity index (χ0n) is 23.3. The number of carboxylic acid groups (broad SMARTS) is 1. The summed E-state index contributed by atoms with van der Waals surface area (Å²) in [6.07, 6.45) is 0.379. The van der Waals surface area contributed by atoms with Gasteiger partial charge in [-0.25, -0.2) is 9.78 Å². The minimum atomic E-state index is -1.29. The predicted molar refractivity (Wildman–Crippen MR) is 153 cm³/mol. The third-order valence-electron chi connectivity index (χ3n) is 6.76. The van der Waals surface area contributed by atoms with Crippen LogP contribution in [0.4, 0.5) is 5.69 Å². The molecule has 3 heterocycles. The zero-order valence-corrected chi connectivity index (χ0v) is 23.3. The summed E-state index contributed by atoms with van der Waals surface area (Å²) in [7, 11) is 0. The Bertz CT molecular complexity index is 1620. The molecule has 8 heteroatoms. The van der Waals surface area contributed by atoms with E-state index in [2.05, 4.69) is 15.3 Å². The Hall–Kier alpha value is -4.56. The van der Waals surface area contributed by atoms with Crippen molar-refractivity contribution in [2.24, 2.45) is 0 Å². The average molecular weight is 538 g/mol. The molecule has 40 heavy (non-hydrogen) atoms. The Labute approximate surface area is 233 Å². The van der Waals surface area contributed by atoms with Crippen molar-refractivity contribution in [3.05, 3.63) is 88.6 Å². The van der Waals surface area contributed by atoms with Crippen molar-refractivity contribution in [1.82, 2.24) is 9.97 Å². The van der Waals surface area contributed by atoms with Gasteiger partial charge in [-0.2, -0.15) is 0 Å². The van der Waals surface area contributed by atoms with Gasteiger partial charge in [0.05, 0.1) is 22.7 Å². The highest BCUT2D eigenvalue weighted by Crippen LogP contribution is 2.49. The minimum Gasteiger partial charge on any atom is -0.479 e. The average Bonchev–Trinajstić information content (AvgIpc) is 3.06. The van der Waals surface area contributed by atoms with Gasteiger partial charge in [0.15, 0.2) is 11.9 Å². The first-order valence-electron chi connectivity index (χ1n) is 13.0.